The second-order valence-electron chi connectivity index (χ2n) is 4.86. The summed E-state index contributed by atoms with van der Waals surface area (Å²) in [6.45, 7) is 6.34. The zero-order valence-corrected chi connectivity index (χ0v) is 9.76. The Kier molecular flexibility index (Phi) is 2.41. The van der Waals surface area contributed by atoms with E-state index in [-0.39, 0.29) is 5.41 Å². The summed E-state index contributed by atoms with van der Waals surface area (Å²) in [6.07, 6.45) is 2.81. The molecule has 0 heterocycles. The minimum Gasteiger partial charge on any atom is -0.299 e. The van der Waals surface area contributed by atoms with E-state index in [0.29, 0.717) is 5.78 Å². The van der Waals surface area contributed by atoms with Gasteiger partial charge in [-0.2, -0.15) is 0 Å². The molecular formula is C14H18O. The first kappa shape index (κ1) is 10.4. The molecule has 1 atom stereocenters. The highest BCUT2D eigenvalue weighted by Gasteiger charge is 2.39. The first-order chi connectivity index (χ1) is 7.05. The molecule has 0 spiro atoms. The minimum atomic E-state index is -0.212. The van der Waals surface area contributed by atoms with Crippen molar-refractivity contribution < 1.29 is 4.79 Å². The summed E-state index contributed by atoms with van der Waals surface area (Å²) in [4.78, 5) is 12.0. The minimum absolute atomic E-state index is 0.212. The predicted octanol–water partition coefficient (Wildman–Crippen LogP) is 3.31. The number of aryl methyl sites for hydroxylation is 1. The first-order valence-corrected chi connectivity index (χ1v) is 5.66. The number of ketones is 1. The molecule has 1 saturated carbocycles. The smallest absolute Gasteiger partial charge is 0.143 e. The van der Waals surface area contributed by atoms with Gasteiger partial charge in [-0.1, -0.05) is 18.2 Å². The Hall–Kier alpha value is -1.11. The summed E-state index contributed by atoms with van der Waals surface area (Å²) >= 11 is 0. The molecule has 1 aromatic rings. The number of carbonyl (C=O) groups is 1. The van der Waals surface area contributed by atoms with Gasteiger partial charge in [0.05, 0.1) is 5.41 Å². The molecule has 1 heteroatoms. The van der Waals surface area contributed by atoms with Crippen LogP contribution < -0.4 is 0 Å². The maximum Gasteiger partial charge on any atom is 0.143 e. The van der Waals surface area contributed by atoms with Crippen LogP contribution in [0.25, 0.3) is 0 Å². The van der Waals surface area contributed by atoms with E-state index < -0.39 is 0 Å². The van der Waals surface area contributed by atoms with Crippen LogP contribution in [0, 0.1) is 13.8 Å². The Bertz CT molecular complexity index is 406. The Morgan fingerprint density at radius 3 is 2.60 bits per heavy atom. The lowest BCUT2D eigenvalue weighted by atomic mass is 9.77. The second kappa shape index (κ2) is 3.48. The van der Waals surface area contributed by atoms with Gasteiger partial charge < -0.3 is 0 Å². The standard InChI is InChI=1S/C14H18O/c1-10-6-4-7-12(11(10)2)14(3)9-5-8-13(14)15/h4,6-7H,5,8-9H2,1-3H3. The number of rotatable bonds is 1. The van der Waals surface area contributed by atoms with E-state index in [2.05, 4.69) is 39.0 Å². The number of hydrogen-bond donors (Lipinski definition) is 0. The largest absolute Gasteiger partial charge is 0.299 e. The highest BCUT2D eigenvalue weighted by molar-refractivity contribution is 5.92. The van der Waals surface area contributed by atoms with Crippen molar-refractivity contribution in [2.24, 2.45) is 0 Å². The second-order valence-corrected chi connectivity index (χ2v) is 4.86. The monoisotopic (exact) mass is 202 g/mol. The molecule has 0 aliphatic heterocycles. The van der Waals surface area contributed by atoms with Gasteiger partial charge in [0, 0.05) is 6.42 Å². The van der Waals surface area contributed by atoms with E-state index in [9.17, 15) is 4.79 Å². The van der Waals surface area contributed by atoms with Gasteiger partial charge in [-0.15, -0.1) is 0 Å². The molecule has 1 unspecified atom stereocenters. The Morgan fingerprint density at radius 2 is 2.00 bits per heavy atom. The summed E-state index contributed by atoms with van der Waals surface area (Å²) in [5.74, 6) is 0.413. The lowest BCUT2D eigenvalue weighted by molar-refractivity contribution is -0.121. The molecule has 0 saturated heterocycles. The third-order valence-corrected chi connectivity index (χ3v) is 3.90. The predicted molar refractivity (Wildman–Crippen MR) is 62.1 cm³/mol. The van der Waals surface area contributed by atoms with Crippen molar-refractivity contribution in [3.05, 3.63) is 34.9 Å². The van der Waals surface area contributed by atoms with Crippen molar-refractivity contribution in [1.82, 2.24) is 0 Å². The summed E-state index contributed by atoms with van der Waals surface area (Å²) in [5, 5.41) is 0. The molecule has 1 nitrogen and oxygen atoms in total. The van der Waals surface area contributed by atoms with Crippen LogP contribution in [0.5, 0.6) is 0 Å². The van der Waals surface area contributed by atoms with Crippen molar-refractivity contribution in [1.29, 1.82) is 0 Å². The summed E-state index contributed by atoms with van der Waals surface area (Å²) in [5.41, 5.74) is 3.60. The van der Waals surface area contributed by atoms with E-state index >= 15 is 0 Å². The summed E-state index contributed by atoms with van der Waals surface area (Å²) < 4.78 is 0. The molecular weight excluding hydrogens is 184 g/mol. The Labute approximate surface area is 91.5 Å². The van der Waals surface area contributed by atoms with Gasteiger partial charge in [0.25, 0.3) is 0 Å². The van der Waals surface area contributed by atoms with Crippen LogP contribution in [0.1, 0.15) is 42.9 Å². The molecule has 1 aliphatic rings. The molecule has 2 rings (SSSR count). The average Bonchev–Trinajstić information content (AvgIpc) is 2.53. The van der Waals surface area contributed by atoms with Crippen molar-refractivity contribution in [2.75, 3.05) is 0 Å². The van der Waals surface area contributed by atoms with Crippen molar-refractivity contribution in [3.8, 4) is 0 Å². The highest BCUT2D eigenvalue weighted by atomic mass is 16.1. The van der Waals surface area contributed by atoms with Crippen LogP contribution in [0.15, 0.2) is 18.2 Å². The lowest BCUT2D eigenvalue weighted by Gasteiger charge is -2.25. The fourth-order valence-corrected chi connectivity index (χ4v) is 2.65. The molecule has 0 bridgehead atoms. The van der Waals surface area contributed by atoms with Crippen LogP contribution in [-0.4, -0.2) is 5.78 Å². The van der Waals surface area contributed by atoms with Crippen LogP contribution >= 0.6 is 0 Å². The normalized spacial score (nSPS) is 25.9. The molecule has 0 N–H and O–H groups in total. The quantitative estimate of drug-likeness (QED) is 0.682. The zero-order valence-electron chi connectivity index (χ0n) is 9.76. The van der Waals surface area contributed by atoms with Gasteiger partial charge in [-0.25, -0.2) is 0 Å². The van der Waals surface area contributed by atoms with Crippen molar-refractivity contribution in [2.45, 2.75) is 45.4 Å². The number of Topliss-reactive ketones (excluding diaryl/α,β-unsaturated/α-hetero) is 1. The van der Waals surface area contributed by atoms with E-state index in [1.54, 1.807) is 0 Å². The number of carbonyl (C=O) groups excluding carboxylic acids is 1. The Morgan fingerprint density at radius 1 is 1.27 bits per heavy atom. The van der Waals surface area contributed by atoms with E-state index in [1.165, 1.54) is 16.7 Å². The van der Waals surface area contributed by atoms with Gasteiger partial charge in [0.1, 0.15) is 5.78 Å². The molecule has 0 radical (unpaired) electrons. The summed E-state index contributed by atoms with van der Waals surface area (Å²) in [7, 11) is 0. The molecule has 15 heavy (non-hydrogen) atoms. The van der Waals surface area contributed by atoms with Crippen molar-refractivity contribution >= 4 is 5.78 Å². The van der Waals surface area contributed by atoms with Crippen LogP contribution in [0.2, 0.25) is 0 Å². The topological polar surface area (TPSA) is 17.1 Å². The van der Waals surface area contributed by atoms with Gasteiger partial charge in [-0.05, 0) is 50.3 Å². The molecule has 0 amide bonds. The third kappa shape index (κ3) is 1.50. The van der Waals surface area contributed by atoms with Gasteiger partial charge >= 0.3 is 0 Å². The molecule has 80 valence electrons. The van der Waals surface area contributed by atoms with Crippen molar-refractivity contribution in [3.63, 3.8) is 0 Å². The molecule has 0 aromatic heterocycles. The fourth-order valence-electron chi connectivity index (χ4n) is 2.65. The number of hydrogen-bond acceptors (Lipinski definition) is 1. The molecule has 1 aliphatic carbocycles. The van der Waals surface area contributed by atoms with Gasteiger partial charge in [-0.3, -0.25) is 4.79 Å². The van der Waals surface area contributed by atoms with Crippen LogP contribution in [-0.2, 0) is 10.2 Å². The highest BCUT2D eigenvalue weighted by Crippen LogP contribution is 2.39. The van der Waals surface area contributed by atoms with Gasteiger partial charge in [0.15, 0.2) is 0 Å². The lowest BCUT2D eigenvalue weighted by Crippen LogP contribution is -2.27. The SMILES string of the molecule is Cc1cccc(C2(C)CCCC2=O)c1C. The van der Waals surface area contributed by atoms with Crippen LogP contribution in [0.4, 0.5) is 0 Å². The van der Waals surface area contributed by atoms with Crippen LogP contribution in [0.3, 0.4) is 0 Å². The maximum atomic E-state index is 12.0. The fraction of sp³-hybridized carbons (Fsp3) is 0.500. The molecule has 1 fully saturated rings. The van der Waals surface area contributed by atoms with E-state index in [1.807, 2.05) is 0 Å². The summed E-state index contributed by atoms with van der Waals surface area (Å²) in [6, 6.07) is 6.29. The third-order valence-electron chi connectivity index (χ3n) is 3.90. The van der Waals surface area contributed by atoms with E-state index in [4.69, 9.17) is 0 Å². The number of benzene rings is 1. The van der Waals surface area contributed by atoms with Gasteiger partial charge in [0.2, 0.25) is 0 Å². The average molecular weight is 202 g/mol. The molecule has 1 aromatic carbocycles. The first-order valence-electron chi connectivity index (χ1n) is 5.66. The van der Waals surface area contributed by atoms with E-state index in [0.717, 1.165) is 19.3 Å². The Balaban J connectivity index is 2.54. The zero-order chi connectivity index (χ0) is 11.1. The maximum absolute atomic E-state index is 12.0.